The zero-order chi connectivity index (χ0) is 13.1. The molecule has 0 aliphatic heterocycles. The molecule has 1 aliphatic carbocycles. The van der Waals surface area contributed by atoms with Gasteiger partial charge in [-0.05, 0) is 39.5 Å². The highest BCUT2D eigenvalue weighted by atomic mass is 32.1. The number of amides is 1. The van der Waals surface area contributed by atoms with Crippen molar-refractivity contribution in [1.82, 2.24) is 4.90 Å². The normalized spacial score (nSPS) is 14.2. The number of methoxy groups -OCH3 is 1. The number of rotatable bonds is 4. The monoisotopic (exact) mass is 267 g/mol. The number of thiophene rings is 1. The number of ether oxygens (including phenoxy) is 1. The van der Waals surface area contributed by atoms with Crippen molar-refractivity contribution < 1.29 is 9.53 Å². The molecule has 0 saturated heterocycles. The topological polar surface area (TPSA) is 29.5 Å². The lowest BCUT2D eigenvalue weighted by Gasteiger charge is -2.18. The summed E-state index contributed by atoms with van der Waals surface area (Å²) in [6.45, 7) is 5.53. The van der Waals surface area contributed by atoms with Crippen LogP contribution in [0, 0.1) is 0 Å². The van der Waals surface area contributed by atoms with E-state index >= 15 is 0 Å². The Morgan fingerprint density at radius 1 is 1.28 bits per heavy atom. The minimum absolute atomic E-state index is 0.122. The quantitative estimate of drug-likeness (QED) is 0.839. The molecule has 100 valence electrons. The molecule has 0 unspecified atom stereocenters. The van der Waals surface area contributed by atoms with E-state index in [1.54, 1.807) is 18.4 Å². The van der Waals surface area contributed by atoms with Gasteiger partial charge in [-0.2, -0.15) is 0 Å². The third-order valence-corrected chi connectivity index (χ3v) is 4.83. The fraction of sp³-hybridized carbons (Fsp3) is 0.643. The van der Waals surface area contributed by atoms with Crippen LogP contribution in [-0.2, 0) is 12.8 Å². The van der Waals surface area contributed by atoms with Crippen LogP contribution in [0.4, 0.5) is 0 Å². The zero-order valence-electron chi connectivity index (χ0n) is 11.4. The highest BCUT2D eigenvalue weighted by molar-refractivity contribution is 7.14. The van der Waals surface area contributed by atoms with Gasteiger partial charge in [-0.25, -0.2) is 0 Å². The Bertz CT molecular complexity index is 435. The standard InChI is InChI=1S/C14H21NO2S/c1-4-15(5-2)14(16)13-12(17-3)10-8-6-7-9-11(10)18-13/h4-9H2,1-3H3. The van der Waals surface area contributed by atoms with E-state index in [1.807, 2.05) is 18.7 Å². The van der Waals surface area contributed by atoms with Gasteiger partial charge in [0.25, 0.3) is 5.91 Å². The molecule has 1 aromatic rings. The summed E-state index contributed by atoms with van der Waals surface area (Å²) in [6, 6.07) is 0. The van der Waals surface area contributed by atoms with Crippen molar-refractivity contribution in [3.8, 4) is 5.75 Å². The zero-order valence-corrected chi connectivity index (χ0v) is 12.2. The SMILES string of the molecule is CCN(CC)C(=O)c1sc2c(c1OC)CCCC2. The number of hydrogen-bond donors (Lipinski definition) is 0. The summed E-state index contributed by atoms with van der Waals surface area (Å²) in [7, 11) is 1.68. The van der Waals surface area contributed by atoms with Gasteiger partial charge in [-0.3, -0.25) is 4.79 Å². The molecule has 4 heteroatoms. The molecule has 0 radical (unpaired) electrons. The number of carbonyl (C=O) groups is 1. The first-order valence-electron chi connectivity index (χ1n) is 6.70. The Hall–Kier alpha value is -1.03. The Morgan fingerprint density at radius 2 is 1.94 bits per heavy atom. The lowest BCUT2D eigenvalue weighted by Crippen LogP contribution is -2.30. The van der Waals surface area contributed by atoms with Crippen LogP contribution in [0.1, 0.15) is 46.8 Å². The molecular weight excluding hydrogens is 246 g/mol. The van der Waals surface area contributed by atoms with Crippen molar-refractivity contribution in [2.24, 2.45) is 0 Å². The highest BCUT2D eigenvalue weighted by Crippen LogP contribution is 2.40. The van der Waals surface area contributed by atoms with Gasteiger partial charge < -0.3 is 9.64 Å². The van der Waals surface area contributed by atoms with E-state index in [0.29, 0.717) is 0 Å². The Morgan fingerprint density at radius 3 is 2.56 bits per heavy atom. The van der Waals surface area contributed by atoms with Crippen LogP contribution in [0.15, 0.2) is 0 Å². The molecule has 1 amide bonds. The number of nitrogens with zero attached hydrogens (tertiary/aromatic N) is 1. The van der Waals surface area contributed by atoms with E-state index in [2.05, 4.69) is 0 Å². The van der Waals surface area contributed by atoms with Gasteiger partial charge >= 0.3 is 0 Å². The largest absolute Gasteiger partial charge is 0.495 e. The third-order valence-electron chi connectivity index (χ3n) is 3.57. The van der Waals surface area contributed by atoms with Crippen molar-refractivity contribution in [2.75, 3.05) is 20.2 Å². The molecule has 2 rings (SSSR count). The minimum Gasteiger partial charge on any atom is -0.495 e. The first-order chi connectivity index (χ1) is 8.72. The molecule has 0 aromatic carbocycles. The van der Waals surface area contributed by atoms with Crippen LogP contribution in [0.2, 0.25) is 0 Å². The third kappa shape index (κ3) is 2.26. The van der Waals surface area contributed by atoms with Gasteiger partial charge in [-0.15, -0.1) is 11.3 Å². The molecule has 0 saturated carbocycles. The summed E-state index contributed by atoms with van der Waals surface area (Å²) in [4.78, 5) is 16.5. The smallest absolute Gasteiger partial charge is 0.267 e. The summed E-state index contributed by atoms with van der Waals surface area (Å²) < 4.78 is 5.51. The maximum Gasteiger partial charge on any atom is 0.267 e. The Balaban J connectivity index is 2.38. The summed E-state index contributed by atoms with van der Waals surface area (Å²) in [5, 5.41) is 0. The minimum atomic E-state index is 0.122. The molecule has 0 bridgehead atoms. The van der Waals surface area contributed by atoms with Crippen LogP contribution in [0.3, 0.4) is 0 Å². The maximum atomic E-state index is 12.5. The lowest BCUT2D eigenvalue weighted by atomic mass is 9.98. The molecule has 0 atom stereocenters. The van der Waals surface area contributed by atoms with Crippen molar-refractivity contribution in [3.05, 3.63) is 15.3 Å². The summed E-state index contributed by atoms with van der Waals surface area (Å²) in [6.07, 6.45) is 4.59. The average molecular weight is 267 g/mol. The molecule has 1 aromatic heterocycles. The van der Waals surface area contributed by atoms with Gasteiger partial charge in [0.15, 0.2) is 0 Å². The second-order valence-electron chi connectivity index (χ2n) is 4.55. The molecule has 0 N–H and O–H groups in total. The molecule has 0 fully saturated rings. The van der Waals surface area contributed by atoms with Crippen LogP contribution >= 0.6 is 11.3 Å². The fourth-order valence-electron chi connectivity index (χ4n) is 2.55. The van der Waals surface area contributed by atoms with Gasteiger partial charge in [-0.1, -0.05) is 0 Å². The molecule has 1 aliphatic rings. The van der Waals surface area contributed by atoms with E-state index in [0.717, 1.165) is 36.6 Å². The van der Waals surface area contributed by atoms with E-state index in [-0.39, 0.29) is 5.91 Å². The molecular formula is C14H21NO2S. The van der Waals surface area contributed by atoms with Crippen molar-refractivity contribution in [2.45, 2.75) is 39.5 Å². The number of carbonyl (C=O) groups excluding carboxylic acids is 1. The van der Waals surface area contributed by atoms with E-state index in [9.17, 15) is 4.79 Å². The van der Waals surface area contributed by atoms with Crippen LogP contribution in [-0.4, -0.2) is 31.0 Å². The lowest BCUT2D eigenvalue weighted by molar-refractivity contribution is 0.0774. The summed E-state index contributed by atoms with van der Waals surface area (Å²) in [5.41, 5.74) is 1.28. The van der Waals surface area contributed by atoms with Gasteiger partial charge in [0.2, 0.25) is 0 Å². The number of aryl methyl sites for hydroxylation is 1. The van der Waals surface area contributed by atoms with Crippen LogP contribution in [0.25, 0.3) is 0 Å². The average Bonchev–Trinajstić information content (AvgIpc) is 2.78. The molecule has 0 spiro atoms. The second-order valence-corrected chi connectivity index (χ2v) is 5.66. The predicted octanol–water partition coefficient (Wildman–Crippen LogP) is 3.12. The van der Waals surface area contributed by atoms with E-state index < -0.39 is 0 Å². The van der Waals surface area contributed by atoms with E-state index in [1.165, 1.54) is 23.3 Å². The number of hydrogen-bond acceptors (Lipinski definition) is 3. The molecule has 1 heterocycles. The van der Waals surface area contributed by atoms with Gasteiger partial charge in [0.1, 0.15) is 10.6 Å². The van der Waals surface area contributed by atoms with E-state index in [4.69, 9.17) is 4.74 Å². The van der Waals surface area contributed by atoms with Gasteiger partial charge in [0, 0.05) is 23.5 Å². The van der Waals surface area contributed by atoms with Crippen molar-refractivity contribution >= 4 is 17.2 Å². The number of fused-ring (bicyclic) bond motifs is 1. The maximum absolute atomic E-state index is 12.5. The summed E-state index contributed by atoms with van der Waals surface area (Å²) >= 11 is 1.64. The molecule has 3 nitrogen and oxygen atoms in total. The molecule has 18 heavy (non-hydrogen) atoms. The summed E-state index contributed by atoms with van der Waals surface area (Å²) in [5.74, 6) is 0.961. The van der Waals surface area contributed by atoms with Gasteiger partial charge in [0.05, 0.1) is 7.11 Å². The first-order valence-corrected chi connectivity index (χ1v) is 7.52. The van der Waals surface area contributed by atoms with Crippen molar-refractivity contribution in [1.29, 1.82) is 0 Å². The Kier molecular flexibility index (Phi) is 4.27. The Labute approximate surface area is 113 Å². The van der Waals surface area contributed by atoms with Crippen LogP contribution < -0.4 is 4.74 Å². The fourth-order valence-corrected chi connectivity index (χ4v) is 3.87. The van der Waals surface area contributed by atoms with Crippen LogP contribution in [0.5, 0.6) is 5.75 Å². The predicted molar refractivity (Wildman–Crippen MR) is 74.8 cm³/mol. The first kappa shape index (κ1) is 13.4. The highest BCUT2D eigenvalue weighted by Gasteiger charge is 2.27. The second kappa shape index (κ2) is 5.74. The van der Waals surface area contributed by atoms with Crippen molar-refractivity contribution in [3.63, 3.8) is 0 Å².